The lowest BCUT2D eigenvalue weighted by Crippen LogP contribution is -2.39. The molecule has 3 rings (SSSR count). The van der Waals surface area contributed by atoms with Crippen molar-refractivity contribution < 1.29 is 18.3 Å². The highest BCUT2D eigenvalue weighted by molar-refractivity contribution is 7.89. The van der Waals surface area contributed by atoms with Crippen LogP contribution in [0.1, 0.15) is 32.1 Å². The van der Waals surface area contributed by atoms with Gasteiger partial charge in [-0.25, -0.2) is 8.42 Å². The number of pyridine rings is 1. The number of nitrogens with two attached hydrogens (primary N) is 1. The van der Waals surface area contributed by atoms with Crippen molar-refractivity contribution in [2.45, 2.75) is 37.0 Å². The molecular weight excluding hydrogens is 430 g/mol. The van der Waals surface area contributed by atoms with Crippen LogP contribution in [0.5, 0.6) is 0 Å². The standard InChI is InChI=1S/C19H24ClN5O4S/c20-24-19(21)23-17-10-22-9-14-8-15(6-7-16(14)17)30(28,29)25(12-18(26)27)11-13-4-2-1-3-5-13/h6-10,13H,1-5,11-12H2,(H,26,27)(H3,21,23,24). The van der Waals surface area contributed by atoms with E-state index in [2.05, 4.69) is 14.8 Å². The second-order valence-corrected chi connectivity index (χ2v) is 9.47. The van der Waals surface area contributed by atoms with Crippen LogP contribution in [-0.4, -0.2) is 47.8 Å². The van der Waals surface area contributed by atoms with Crippen molar-refractivity contribution in [2.75, 3.05) is 18.4 Å². The van der Waals surface area contributed by atoms with E-state index in [9.17, 15) is 18.3 Å². The number of sulfonamides is 1. The van der Waals surface area contributed by atoms with Gasteiger partial charge in [-0.2, -0.15) is 4.31 Å². The van der Waals surface area contributed by atoms with Crippen molar-refractivity contribution in [1.29, 1.82) is 0 Å². The lowest BCUT2D eigenvalue weighted by atomic mass is 9.89. The average molecular weight is 454 g/mol. The summed E-state index contributed by atoms with van der Waals surface area (Å²) in [4.78, 5) is 15.5. The number of carboxylic acids is 1. The maximum absolute atomic E-state index is 13.3. The van der Waals surface area contributed by atoms with Gasteiger partial charge in [0.25, 0.3) is 0 Å². The summed E-state index contributed by atoms with van der Waals surface area (Å²) in [6, 6.07) is 4.55. The smallest absolute Gasteiger partial charge is 0.318 e. The fourth-order valence-electron chi connectivity index (χ4n) is 3.78. The molecule has 1 fully saturated rings. The summed E-state index contributed by atoms with van der Waals surface area (Å²) >= 11 is 5.34. The molecule has 0 bridgehead atoms. The number of benzene rings is 1. The fourth-order valence-corrected chi connectivity index (χ4v) is 5.32. The van der Waals surface area contributed by atoms with Crippen LogP contribution in [0.3, 0.4) is 0 Å². The van der Waals surface area contributed by atoms with E-state index in [4.69, 9.17) is 17.5 Å². The summed E-state index contributed by atoms with van der Waals surface area (Å²) in [5.74, 6) is -1.04. The Kier molecular flexibility index (Phi) is 7.11. The van der Waals surface area contributed by atoms with Gasteiger partial charge in [-0.3, -0.25) is 9.78 Å². The van der Waals surface area contributed by atoms with Gasteiger partial charge >= 0.3 is 5.97 Å². The molecular formula is C19H24ClN5O4S. The van der Waals surface area contributed by atoms with Crippen LogP contribution in [0.15, 0.2) is 40.0 Å². The first-order chi connectivity index (χ1) is 14.3. The molecule has 0 saturated heterocycles. The quantitative estimate of drug-likeness (QED) is 0.432. The maximum atomic E-state index is 13.3. The summed E-state index contributed by atoms with van der Waals surface area (Å²) in [7, 11) is -3.99. The monoisotopic (exact) mass is 453 g/mol. The van der Waals surface area contributed by atoms with Gasteiger partial charge < -0.3 is 16.2 Å². The van der Waals surface area contributed by atoms with Gasteiger partial charge in [0.15, 0.2) is 0 Å². The third-order valence-corrected chi connectivity index (χ3v) is 7.21. The molecule has 1 aliphatic rings. The minimum atomic E-state index is -3.99. The van der Waals surface area contributed by atoms with Crippen LogP contribution < -0.4 is 11.1 Å². The molecule has 0 unspecified atom stereocenters. The summed E-state index contributed by atoms with van der Waals surface area (Å²) in [6.45, 7) is -0.366. The number of hydrogen-bond acceptors (Lipinski definition) is 5. The molecule has 1 aliphatic carbocycles. The van der Waals surface area contributed by atoms with E-state index in [1.54, 1.807) is 6.07 Å². The molecule has 1 aromatic carbocycles. The zero-order chi connectivity index (χ0) is 21.7. The molecule has 2 aromatic rings. The van der Waals surface area contributed by atoms with Gasteiger partial charge in [0, 0.05) is 35.3 Å². The van der Waals surface area contributed by atoms with E-state index in [0.29, 0.717) is 16.5 Å². The maximum Gasteiger partial charge on any atom is 0.318 e. The van der Waals surface area contributed by atoms with Crippen molar-refractivity contribution in [1.82, 2.24) is 9.29 Å². The summed E-state index contributed by atoms with van der Waals surface area (Å²) in [5, 5.41) is 13.3. The summed E-state index contributed by atoms with van der Waals surface area (Å²) in [5.41, 5.74) is 6.11. The first-order valence-electron chi connectivity index (χ1n) is 9.62. The Bertz CT molecular complexity index is 1050. The molecule has 30 heavy (non-hydrogen) atoms. The van der Waals surface area contributed by atoms with Crippen molar-refractivity contribution in [2.24, 2.45) is 16.2 Å². The zero-order valence-corrected chi connectivity index (χ0v) is 17.9. The first kappa shape index (κ1) is 22.3. The number of anilines is 1. The molecule has 0 atom stereocenters. The summed E-state index contributed by atoms with van der Waals surface area (Å²) in [6.07, 6.45) is 8.07. The molecule has 1 heterocycles. The molecule has 0 radical (unpaired) electrons. The lowest BCUT2D eigenvalue weighted by Gasteiger charge is -2.28. The van der Waals surface area contributed by atoms with Gasteiger partial charge in [0.05, 0.1) is 16.8 Å². The van der Waals surface area contributed by atoms with E-state index >= 15 is 0 Å². The minimum Gasteiger partial charge on any atom is -0.480 e. The predicted octanol–water partition coefficient (Wildman–Crippen LogP) is 2.77. The second kappa shape index (κ2) is 9.59. The van der Waals surface area contributed by atoms with E-state index in [1.165, 1.54) is 24.5 Å². The molecule has 11 heteroatoms. The van der Waals surface area contributed by atoms with E-state index in [-0.39, 0.29) is 23.3 Å². The molecule has 0 aliphatic heterocycles. The van der Waals surface area contributed by atoms with E-state index in [0.717, 1.165) is 36.4 Å². The SMILES string of the molecule is NC(=NCl)Nc1cncc2cc(S(=O)(=O)N(CC(=O)O)CC3CCCCC3)ccc12. The molecule has 162 valence electrons. The molecule has 4 N–H and O–H groups in total. The Morgan fingerprint density at radius 2 is 2.03 bits per heavy atom. The molecule has 1 aromatic heterocycles. The highest BCUT2D eigenvalue weighted by atomic mass is 35.5. The Balaban J connectivity index is 1.94. The van der Waals surface area contributed by atoms with E-state index in [1.807, 2.05) is 0 Å². The number of guanidine groups is 1. The third-order valence-electron chi connectivity index (χ3n) is 5.22. The number of halogens is 1. The Labute approximate surface area is 180 Å². The topological polar surface area (TPSA) is 138 Å². The number of nitrogens with one attached hydrogen (secondary N) is 1. The number of hydrogen-bond donors (Lipinski definition) is 3. The normalized spacial score (nSPS) is 16.1. The molecule has 0 spiro atoms. The molecule has 1 saturated carbocycles. The number of aromatic nitrogens is 1. The highest BCUT2D eigenvalue weighted by Crippen LogP contribution is 2.29. The second-order valence-electron chi connectivity index (χ2n) is 7.36. The summed E-state index contributed by atoms with van der Waals surface area (Å²) < 4.78 is 30.9. The van der Waals surface area contributed by atoms with Crippen molar-refractivity contribution >= 4 is 50.2 Å². The van der Waals surface area contributed by atoms with Crippen molar-refractivity contribution in [3.63, 3.8) is 0 Å². The predicted molar refractivity (Wildman–Crippen MR) is 116 cm³/mol. The van der Waals surface area contributed by atoms with Crippen LogP contribution >= 0.6 is 11.8 Å². The number of nitrogens with zero attached hydrogens (tertiary/aromatic N) is 3. The van der Waals surface area contributed by atoms with Gasteiger partial charge in [0.2, 0.25) is 16.0 Å². The molecule has 9 nitrogen and oxygen atoms in total. The lowest BCUT2D eigenvalue weighted by molar-refractivity contribution is -0.137. The Morgan fingerprint density at radius 3 is 2.70 bits per heavy atom. The van der Waals surface area contributed by atoms with Gasteiger partial charge in [-0.1, -0.05) is 25.3 Å². The number of rotatable bonds is 7. The Morgan fingerprint density at radius 1 is 1.30 bits per heavy atom. The van der Waals surface area contributed by atoms with E-state index < -0.39 is 22.5 Å². The Hall–Kier alpha value is -2.43. The van der Waals surface area contributed by atoms with Crippen LogP contribution in [0, 0.1) is 5.92 Å². The zero-order valence-electron chi connectivity index (χ0n) is 16.3. The van der Waals surface area contributed by atoms with Gasteiger partial charge in [0.1, 0.15) is 6.54 Å². The number of carbonyl (C=O) groups is 1. The van der Waals surface area contributed by atoms with Crippen molar-refractivity contribution in [3.05, 3.63) is 30.6 Å². The van der Waals surface area contributed by atoms with Crippen LogP contribution in [0.25, 0.3) is 10.8 Å². The van der Waals surface area contributed by atoms with Gasteiger partial charge in [-0.05, 0) is 30.9 Å². The highest BCUT2D eigenvalue weighted by Gasteiger charge is 2.30. The fraction of sp³-hybridized carbons (Fsp3) is 0.421. The average Bonchev–Trinajstić information content (AvgIpc) is 2.73. The van der Waals surface area contributed by atoms with Crippen LogP contribution in [-0.2, 0) is 14.8 Å². The first-order valence-corrected chi connectivity index (χ1v) is 11.4. The largest absolute Gasteiger partial charge is 0.480 e. The van der Waals surface area contributed by atoms with Gasteiger partial charge in [-0.15, -0.1) is 4.51 Å². The number of carboxylic acid groups (broad SMARTS) is 1. The van der Waals surface area contributed by atoms with Crippen LogP contribution in [0.4, 0.5) is 5.69 Å². The molecule has 0 amide bonds. The number of fused-ring (bicyclic) bond motifs is 1. The third kappa shape index (κ3) is 5.18. The van der Waals surface area contributed by atoms with Crippen LogP contribution in [0.2, 0.25) is 0 Å². The minimum absolute atomic E-state index is 0.0185. The number of aliphatic carboxylic acids is 1. The van der Waals surface area contributed by atoms with Crippen molar-refractivity contribution in [3.8, 4) is 0 Å².